The maximum absolute atomic E-state index is 12.1. The first kappa shape index (κ1) is 18.5. The molecule has 0 fully saturated rings. The van der Waals surface area contributed by atoms with Crippen LogP contribution < -0.4 is 10.6 Å². The number of hydrogen-bond acceptors (Lipinski definition) is 4. The number of furan rings is 1. The molecule has 3 aromatic rings. The van der Waals surface area contributed by atoms with Crippen LogP contribution in [0.5, 0.6) is 0 Å². The van der Waals surface area contributed by atoms with Gasteiger partial charge in [-0.25, -0.2) is 0 Å². The molecule has 27 heavy (non-hydrogen) atoms. The van der Waals surface area contributed by atoms with Crippen LogP contribution in [0.3, 0.4) is 0 Å². The number of nitrogens with one attached hydrogen (secondary N) is 2. The second-order valence-corrected chi connectivity index (χ2v) is 6.64. The third-order valence-electron chi connectivity index (χ3n) is 3.61. The van der Waals surface area contributed by atoms with Gasteiger partial charge in [-0.2, -0.15) is 0 Å². The van der Waals surface area contributed by atoms with Crippen molar-refractivity contribution < 1.29 is 14.0 Å². The van der Waals surface area contributed by atoms with Gasteiger partial charge in [0.25, 0.3) is 5.91 Å². The third kappa shape index (κ3) is 5.87. The summed E-state index contributed by atoms with van der Waals surface area (Å²) in [5.41, 5.74) is 1.55. The van der Waals surface area contributed by atoms with E-state index in [1.807, 2.05) is 41.8 Å². The normalized spacial score (nSPS) is 9.93. The summed E-state index contributed by atoms with van der Waals surface area (Å²) in [6.45, 7) is 0.402. The van der Waals surface area contributed by atoms with Gasteiger partial charge < -0.3 is 15.1 Å². The Kier molecular flexibility index (Phi) is 6.45. The Morgan fingerprint density at radius 2 is 2.00 bits per heavy atom. The van der Waals surface area contributed by atoms with E-state index in [2.05, 4.69) is 22.5 Å². The number of anilines is 1. The van der Waals surface area contributed by atoms with Gasteiger partial charge >= 0.3 is 0 Å². The molecule has 0 aliphatic heterocycles. The summed E-state index contributed by atoms with van der Waals surface area (Å²) >= 11 is 1.59. The van der Waals surface area contributed by atoms with E-state index in [1.54, 1.807) is 23.5 Å². The molecule has 1 aromatic carbocycles. The number of carbonyl (C=O) groups excluding carboxylic acids is 2. The molecule has 2 heterocycles. The van der Waals surface area contributed by atoms with Gasteiger partial charge in [0, 0.05) is 24.2 Å². The minimum Gasteiger partial charge on any atom is -0.459 e. The fourth-order valence-electron chi connectivity index (χ4n) is 2.33. The Hall–Kier alpha value is -3.30. The van der Waals surface area contributed by atoms with E-state index in [4.69, 9.17) is 4.42 Å². The molecule has 0 atom stereocenters. The molecule has 0 unspecified atom stereocenters. The summed E-state index contributed by atoms with van der Waals surface area (Å²) < 4.78 is 5.01. The van der Waals surface area contributed by atoms with Crippen LogP contribution in [-0.4, -0.2) is 18.4 Å². The molecule has 0 radical (unpaired) electrons. The van der Waals surface area contributed by atoms with Gasteiger partial charge in [-0.05, 0) is 48.2 Å². The van der Waals surface area contributed by atoms with Gasteiger partial charge in [-0.3, -0.25) is 9.59 Å². The van der Waals surface area contributed by atoms with Crippen molar-refractivity contribution in [3.8, 4) is 11.8 Å². The average Bonchev–Trinajstić information content (AvgIpc) is 3.37. The highest BCUT2D eigenvalue weighted by molar-refractivity contribution is 7.10. The third-order valence-corrected chi connectivity index (χ3v) is 4.39. The van der Waals surface area contributed by atoms with Crippen LogP contribution in [0.1, 0.15) is 33.8 Å². The van der Waals surface area contributed by atoms with Gasteiger partial charge in [0.05, 0.1) is 11.1 Å². The quantitative estimate of drug-likeness (QED) is 0.505. The fraction of sp³-hybridized carbons (Fsp3) is 0.143. The summed E-state index contributed by atoms with van der Waals surface area (Å²) in [6, 6.07) is 14.6. The van der Waals surface area contributed by atoms with Gasteiger partial charge in [-0.15, -0.1) is 11.3 Å². The van der Waals surface area contributed by atoms with Crippen molar-refractivity contribution in [2.75, 3.05) is 11.9 Å². The van der Waals surface area contributed by atoms with Crippen LogP contribution in [0, 0.1) is 11.8 Å². The molecule has 0 saturated heterocycles. The molecule has 0 bridgehead atoms. The first-order valence-corrected chi connectivity index (χ1v) is 9.36. The minimum absolute atomic E-state index is 0.106. The van der Waals surface area contributed by atoms with E-state index in [0.717, 1.165) is 10.4 Å². The lowest BCUT2D eigenvalue weighted by atomic mass is 10.2. The van der Waals surface area contributed by atoms with Crippen LogP contribution in [0.2, 0.25) is 0 Å². The Bertz CT molecular complexity index is 951. The van der Waals surface area contributed by atoms with Gasteiger partial charge in [0.1, 0.15) is 0 Å². The van der Waals surface area contributed by atoms with Crippen molar-refractivity contribution >= 4 is 28.8 Å². The highest BCUT2D eigenvalue weighted by Gasteiger charge is 2.08. The molecule has 2 aromatic heterocycles. The lowest BCUT2D eigenvalue weighted by molar-refractivity contribution is -0.116. The van der Waals surface area contributed by atoms with E-state index in [9.17, 15) is 9.59 Å². The van der Waals surface area contributed by atoms with Crippen LogP contribution in [-0.2, 0) is 4.79 Å². The molecule has 3 rings (SSSR count). The van der Waals surface area contributed by atoms with E-state index in [1.165, 1.54) is 6.26 Å². The number of hydrogen-bond donors (Lipinski definition) is 2. The predicted molar refractivity (Wildman–Crippen MR) is 106 cm³/mol. The molecule has 0 aliphatic carbocycles. The van der Waals surface area contributed by atoms with Crippen molar-refractivity contribution in [1.29, 1.82) is 0 Å². The second kappa shape index (κ2) is 9.41. The van der Waals surface area contributed by atoms with Crippen LogP contribution in [0.4, 0.5) is 5.69 Å². The Morgan fingerprint density at radius 1 is 1.07 bits per heavy atom. The van der Waals surface area contributed by atoms with Crippen LogP contribution in [0.25, 0.3) is 0 Å². The number of amides is 2. The molecule has 0 saturated carbocycles. The standard InChI is InChI=1S/C21H18N2O3S/c24-20(9-2-12-22-21(25)19-8-3-13-26-19)23-17-6-1-5-16(15-17)10-11-18-7-4-14-27-18/h1,3-8,13-15H,2,9,12H2,(H,22,25)(H,23,24). The Morgan fingerprint density at radius 3 is 2.78 bits per heavy atom. The maximum atomic E-state index is 12.1. The number of thiophene rings is 1. The summed E-state index contributed by atoms with van der Waals surface area (Å²) in [5, 5.41) is 7.55. The zero-order chi connectivity index (χ0) is 18.9. The molecule has 6 heteroatoms. The highest BCUT2D eigenvalue weighted by atomic mass is 32.1. The van der Waals surface area contributed by atoms with Gasteiger partial charge in [0.15, 0.2) is 5.76 Å². The lowest BCUT2D eigenvalue weighted by Crippen LogP contribution is -2.25. The minimum atomic E-state index is -0.280. The number of benzene rings is 1. The van der Waals surface area contributed by atoms with E-state index in [-0.39, 0.29) is 17.6 Å². The lowest BCUT2D eigenvalue weighted by Gasteiger charge is -2.06. The van der Waals surface area contributed by atoms with E-state index in [0.29, 0.717) is 25.1 Å². The average molecular weight is 378 g/mol. The number of carbonyl (C=O) groups is 2. The molecular formula is C21H18N2O3S. The zero-order valence-corrected chi connectivity index (χ0v) is 15.3. The molecule has 0 spiro atoms. The molecule has 136 valence electrons. The maximum Gasteiger partial charge on any atom is 0.286 e. The van der Waals surface area contributed by atoms with Crippen molar-refractivity contribution in [3.63, 3.8) is 0 Å². The first-order chi connectivity index (χ1) is 13.2. The fourth-order valence-corrected chi connectivity index (χ4v) is 2.90. The van der Waals surface area contributed by atoms with Crippen LogP contribution >= 0.6 is 11.3 Å². The SMILES string of the molecule is O=C(CCCNC(=O)c1ccco1)Nc1cccc(C#Cc2cccs2)c1. The summed E-state index contributed by atoms with van der Waals surface area (Å²) in [4.78, 5) is 24.8. The summed E-state index contributed by atoms with van der Waals surface area (Å²) in [5.74, 6) is 6.06. The van der Waals surface area contributed by atoms with Crippen molar-refractivity contribution in [3.05, 3.63) is 76.4 Å². The number of rotatable bonds is 6. The van der Waals surface area contributed by atoms with E-state index >= 15 is 0 Å². The first-order valence-electron chi connectivity index (χ1n) is 8.48. The van der Waals surface area contributed by atoms with Gasteiger partial charge in [-0.1, -0.05) is 24.0 Å². The topological polar surface area (TPSA) is 71.3 Å². The molecular weight excluding hydrogens is 360 g/mol. The van der Waals surface area contributed by atoms with Crippen molar-refractivity contribution in [2.45, 2.75) is 12.8 Å². The monoisotopic (exact) mass is 378 g/mol. The van der Waals surface area contributed by atoms with Crippen LogP contribution in [0.15, 0.2) is 64.6 Å². The smallest absolute Gasteiger partial charge is 0.286 e. The summed E-state index contributed by atoms with van der Waals surface area (Å²) in [7, 11) is 0. The van der Waals surface area contributed by atoms with E-state index < -0.39 is 0 Å². The van der Waals surface area contributed by atoms with Crippen molar-refractivity contribution in [2.24, 2.45) is 0 Å². The largest absolute Gasteiger partial charge is 0.459 e. The Balaban J connectivity index is 1.44. The van der Waals surface area contributed by atoms with Crippen molar-refractivity contribution in [1.82, 2.24) is 5.32 Å². The van der Waals surface area contributed by atoms with Gasteiger partial charge in [0.2, 0.25) is 5.91 Å². The second-order valence-electron chi connectivity index (χ2n) is 5.69. The Labute approximate surface area is 161 Å². The summed E-state index contributed by atoms with van der Waals surface area (Å²) in [6.07, 6.45) is 2.29. The molecule has 2 N–H and O–H groups in total. The molecule has 5 nitrogen and oxygen atoms in total. The predicted octanol–water partition coefficient (Wildman–Crippen LogP) is 3.89. The zero-order valence-electron chi connectivity index (χ0n) is 14.5. The molecule has 0 aliphatic rings. The molecule has 2 amide bonds. The highest BCUT2D eigenvalue weighted by Crippen LogP contribution is 2.12.